The quantitative estimate of drug-likeness (QED) is 0.864. The van der Waals surface area contributed by atoms with Gasteiger partial charge in [-0.25, -0.2) is 4.79 Å². The summed E-state index contributed by atoms with van der Waals surface area (Å²) in [5.41, 5.74) is -0.219. The molecule has 1 saturated heterocycles. The second-order valence-electron chi connectivity index (χ2n) is 6.64. The number of cyclic esters (lactones) is 1. The van der Waals surface area contributed by atoms with Gasteiger partial charge in [-0.05, 0) is 51.0 Å². The van der Waals surface area contributed by atoms with Gasteiger partial charge < -0.3 is 14.6 Å². The summed E-state index contributed by atoms with van der Waals surface area (Å²) in [6.07, 6.45) is 7.80. The molecule has 3 aliphatic rings. The Bertz CT molecular complexity index is 656. The number of methoxy groups -OCH3 is 1. The van der Waals surface area contributed by atoms with E-state index in [-0.39, 0.29) is 5.92 Å². The third kappa shape index (κ3) is 2.47. The number of ether oxygens (including phenoxy) is 2. The van der Waals surface area contributed by atoms with Gasteiger partial charge in [0.25, 0.3) is 0 Å². The largest absolute Gasteiger partial charge is 0.497 e. The van der Waals surface area contributed by atoms with Crippen LogP contribution >= 0.6 is 0 Å². The van der Waals surface area contributed by atoms with Crippen LogP contribution in [-0.4, -0.2) is 46.8 Å². The molecule has 1 N–H and O–H groups in total. The van der Waals surface area contributed by atoms with E-state index in [2.05, 4.69) is 4.99 Å². The lowest BCUT2D eigenvalue weighted by atomic mass is 9.89. The number of rotatable bonds is 4. The lowest BCUT2D eigenvalue weighted by molar-refractivity contribution is -0.126. The number of nitrogens with zero attached hydrogens (tertiary/aromatic N) is 2. The monoisotopic (exact) mass is 318 g/mol. The van der Waals surface area contributed by atoms with Gasteiger partial charge in [-0.3, -0.25) is 9.89 Å². The predicted octanol–water partition coefficient (Wildman–Crippen LogP) is 2.37. The van der Waals surface area contributed by atoms with Gasteiger partial charge in [0.05, 0.1) is 12.8 Å². The van der Waals surface area contributed by atoms with Crippen LogP contribution in [0.2, 0.25) is 0 Å². The van der Waals surface area contributed by atoms with Crippen LogP contribution in [0.15, 0.2) is 40.8 Å². The Morgan fingerprint density at radius 3 is 2.74 bits per heavy atom. The zero-order valence-corrected chi connectivity index (χ0v) is 13.9. The standard InChI is InChI=1S/C17H22N2O4/c1-16(2)17(3,21)19(15(20)23-16)8-7-11-10-18-14-6-5-12(22-4)9-13(11)14/h5-6,9-10,13,21H,7-8H2,1-4H3/t13-,17-/m1/s1. The van der Waals surface area contributed by atoms with E-state index in [1.54, 1.807) is 27.9 Å². The number of hydrogen-bond donors (Lipinski definition) is 1. The van der Waals surface area contributed by atoms with Crippen LogP contribution in [0.5, 0.6) is 0 Å². The molecule has 0 saturated carbocycles. The molecule has 0 bridgehead atoms. The second-order valence-corrected chi connectivity index (χ2v) is 6.64. The highest BCUT2D eigenvalue weighted by Crippen LogP contribution is 2.38. The van der Waals surface area contributed by atoms with E-state index in [4.69, 9.17) is 9.47 Å². The molecule has 0 radical (unpaired) electrons. The number of carbonyl (C=O) groups is 1. The van der Waals surface area contributed by atoms with E-state index >= 15 is 0 Å². The number of aliphatic imine (C=N–C) groups is 1. The highest BCUT2D eigenvalue weighted by molar-refractivity contribution is 6.03. The van der Waals surface area contributed by atoms with Crippen LogP contribution in [0.3, 0.4) is 0 Å². The molecule has 0 unspecified atom stereocenters. The summed E-state index contributed by atoms with van der Waals surface area (Å²) < 4.78 is 10.5. The van der Waals surface area contributed by atoms with Crippen LogP contribution in [0.25, 0.3) is 0 Å². The van der Waals surface area contributed by atoms with E-state index in [1.807, 2.05) is 24.4 Å². The molecular weight excluding hydrogens is 296 g/mol. The first-order valence-corrected chi connectivity index (χ1v) is 7.70. The summed E-state index contributed by atoms with van der Waals surface area (Å²) in [7, 11) is 1.64. The maximum Gasteiger partial charge on any atom is 0.412 e. The molecule has 124 valence electrons. The molecule has 3 rings (SSSR count). The van der Waals surface area contributed by atoms with Gasteiger partial charge in [-0.2, -0.15) is 0 Å². The zero-order valence-electron chi connectivity index (χ0n) is 13.9. The fraction of sp³-hybridized carbons (Fsp3) is 0.529. The normalized spacial score (nSPS) is 31.3. The van der Waals surface area contributed by atoms with Gasteiger partial charge in [-0.15, -0.1) is 0 Å². The fourth-order valence-corrected chi connectivity index (χ4v) is 3.01. The Balaban J connectivity index is 1.70. The average Bonchev–Trinajstić information content (AvgIpc) is 2.94. The maximum atomic E-state index is 12.0. The minimum Gasteiger partial charge on any atom is -0.497 e. The molecule has 1 fully saturated rings. The molecule has 2 aliphatic heterocycles. The highest BCUT2D eigenvalue weighted by Gasteiger charge is 2.56. The second kappa shape index (κ2) is 5.23. The van der Waals surface area contributed by atoms with Gasteiger partial charge in [-0.1, -0.05) is 0 Å². The van der Waals surface area contributed by atoms with Crippen molar-refractivity contribution in [1.82, 2.24) is 4.90 Å². The topological polar surface area (TPSA) is 71.4 Å². The Morgan fingerprint density at radius 2 is 2.13 bits per heavy atom. The summed E-state index contributed by atoms with van der Waals surface area (Å²) in [6, 6.07) is 0. The molecule has 0 aromatic rings. The number of amides is 1. The van der Waals surface area contributed by atoms with Crippen molar-refractivity contribution in [2.45, 2.75) is 38.5 Å². The van der Waals surface area contributed by atoms with Crippen molar-refractivity contribution in [1.29, 1.82) is 0 Å². The molecule has 23 heavy (non-hydrogen) atoms. The molecule has 0 aromatic heterocycles. The van der Waals surface area contributed by atoms with E-state index in [0.29, 0.717) is 13.0 Å². The van der Waals surface area contributed by atoms with Crippen molar-refractivity contribution < 1.29 is 19.4 Å². The molecule has 0 spiro atoms. The van der Waals surface area contributed by atoms with Crippen molar-refractivity contribution in [2.75, 3.05) is 13.7 Å². The van der Waals surface area contributed by atoms with Crippen molar-refractivity contribution in [2.24, 2.45) is 10.9 Å². The van der Waals surface area contributed by atoms with E-state index in [9.17, 15) is 9.90 Å². The first-order chi connectivity index (χ1) is 10.8. The molecule has 6 nitrogen and oxygen atoms in total. The molecule has 1 aliphatic carbocycles. The molecular formula is C17H22N2O4. The van der Waals surface area contributed by atoms with Gasteiger partial charge >= 0.3 is 6.09 Å². The lowest BCUT2D eigenvalue weighted by Crippen LogP contribution is -2.53. The van der Waals surface area contributed by atoms with Crippen molar-refractivity contribution in [3.63, 3.8) is 0 Å². The summed E-state index contributed by atoms with van der Waals surface area (Å²) in [4.78, 5) is 17.8. The summed E-state index contributed by atoms with van der Waals surface area (Å²) >= 11 is 0. The lowest BCUT2D eigenvalue weighted by Gasteiger charge is -2.35. The van der Waals surface area contributed by atoms with E-state index in [1.165, 1.54) is 4.90 Å². The van der Waals surface area contributed by atoms with Crippen LogP contribution in [0.1, 0.15) is 27.2 Å². The molecule has 1 amide bonds. The van der Waals surface area contributed by atoms with Crippen molar-refractivity contribution >= 4 is 11.8 Å². The zero-order chi connectivity index (χ0) is 16.8. The SMILES string of the molecule is COC1=C[C@@H]2C(CCN3C(=O)OC(C)(C)[C@@]3(C)O)=CN=C2C=C1. The smallest absolute Gasteiger partial charge is 0.412 e. The predicted molar refractivity (Wildman–Crippen MR) is 85.7 cm³/mol. The number of aliphatic hydroxyl groups is 1. The third-order valence-corrected chi connectivity index (χ3v) is 4.94. The maximum absolute atomic E-state index is 12.0. The first-order valence-electron chi connectivity index (χ1n) is 7.70. The van der Waals surface area contributed by atoms with Crippen molar-refractivity contribution in [3.05, 3.63) is 35.8 Å². The van der Waals surface area contributed by atoms with Crippen LogP contribution in [0, 0.1) is 5.92 Å². The van der Waals surface area contributed by atoms with Crippen LogP contribution < -0.4 is 0 Å². The molecule has 2 atom stereocenters. The minimum atomic E-state index is -1.34. The molecule has 2 heterocycles. The number of carbonyl (C=O) groups excluding carboxylic acids is 1. The number of allylic oxidation sites excluding steroid dienone is 3. The van der Waals surface area contributed by atoms with Crippen molar-refractivity contribution in [3.8, 4) is 0 Å². The fourth-order valence-electron chi connectivity index (χ4n) is 3.01. The minimum absolute atomic E-state index is 0.0755. The third-order valence-electron chi connectivity index (χ3n) is 4.94. The van der Waals surface area contributed by atoms with Gasteiger partial charge in [0.15, 0.2) is 11.3 Å². The van der Waals surface area contributed by atoms with E-state index < -0.39 is 17.4 Å². The first kappa shape index (κ1) is 15.8. The molecule has 0 aromatic carbocycles. The van der Waals surface area contributed by atoms with Gasteiger partial charge in [0.1, 0.15) is 5.76 Å². The Hall–Kier alpha value is -2.08. The summed E-state index contributed by atoms with van der Waals surface area (Å²) in [5, 5.41) is 10.6. The highest BCUT2D eigenvalue weighted by atomic mass is 16.6. The number of fused-ring (bicyclic) bond motifs is 1. The van der Waals surface area contributed by atoms with E-state index in [0.717, 1.165) is 17.0 Å². The van der Waals surface area contributed by atoms with Gasteiger partial charge in [0, 0.05) is 18.7 Å². The Kier molecular flexibility index (Phi) is 3.59. The Morgan fingerprint density at radius 1 is 1.39 bits per heavy atom. The molecule has 6 heteroatoms. The Labute approximate surface area is 135 Å². The summed E-state index contributed by atoms with van der Waals surface area (Å²) in [5.74, 6) is 0.877. The average molecular weight is 318 g/mol. The summed E-state index contributed by atoms with van der Waals surface area (Å²) in [6.45, 7) is 5.40. The van der Waals surface area contributed by atoms with Gasteiger partial charge in [0.2, 0.25) is 0 Å². The number of hydrogen-bond acceptors (Lipinski definition) is 5. The van der Waals surface area contributed by atoms with Crippen LogP contribution in [0.4, 0.5) is 4.79 Å². The van der Waals surface area contributed by atoms with Crippen LogP contribution in [-0.2, 0) is 9.47 Å².